The minimum atomic E-state index is -3.68. The number of sulfonamides is 1. The van der Waals surface area contributed by atoms with E-state index in [1.807, 2.05) is 6.07 Å². The summed E-state index contributed by atoms with van der Waals surface area (Å²) in [7, 11) is -3.68. The Labute approximate surface area is 260 Å². The van der Waals surface area contributed by atoms with Gasteiger partial charge in [0.25, 0.3) is 0 Å². The number of carbonyl (C=O) groups is 1. The highest BCUT2D eigenvalue weighted by Gasteiger charge is 2.29. The van der Waals surface area contributed by atoms with Gasteiger partial charge in [-0.3, -0.25) is 9.36 Å². The fourth-order valence-corrected chi connectivity index (χ4v) is 8.46. The molecule has 1 aliphatic carbocycles. The second-order valence-electron chi connectivity index (χ2n) is 10.4. The van der Waals surface area contributed by atoms with Crippen molar-refractivity contribution in [3.8, 4) is 11.4 Å². The molecule has 0 radical (unpaired) electrons. The van der Waals surface area contributed by atoms with Gasteiger partial charge >= 0.3 is 0 Å². The summed E-state index contributed by atoms with van der Waals surface area (Å²) in [6.45, 7) is 2.76. The highest BCUT2D eigenvalue weighted by atomic mass is 35.5. The van der Waals surface area contributed by atoms with E-state index in [2.05, 4.69) is 20.1 Å². The van der Waals surface area contributed by atoms with Gasteiger partial charge in [0.15, 0.2) is 11.0 Å². The van der Waals surface area contributed by atoms with E-state index in [4.69, 9.17) is 34.8 Å². The van der Waals surface area contributed by atoms with E-state index in [-0.39, 0.29) is 27.6 Å². The summed E-state index contributed by atoms with van der Waals surface area (Å²) in [6.07, 6.45) is 8.05. The second kappa shape index (κ2) is 13.2. The number of anilines is 1. The molecule has 1 saturated heterocycles. The van der Waals surface area contributed by atoms with Crippen molar-refractivity contribution >= 4 is 68.2 Å². The van der Waals surface area contributed by atoms with Crippen molar-refractivity contribution in [1.82, 2.24) is 19.1 Å². The van der Waals surface area contributed by atoms with E-state index in [0.29, 0.717) is 34.1 Å². The first-order valence-electron chi connectivity index (χ1n) is 13.8. The first kappa shape index (κ1) is 30.6. The van der Waals surface area contributed by atoms with Crippen molar-refractivity contribution in [3.63, 3.8) is 0 Å². The number of nitrogens with zero attached hydrogens (tertiary/aromatic N) is 4. The maximum atomic E-state index is 13.3. The Morgan fingerprint density at radius 2 is 1.66 bits per heavy atom. The van der Waals surface area contributed by atoms with Crippen LogP contribution in [-0.4, -0.2) is 51.7 Å². The Balaban J connectivity index is 1.37. The summed E-state index contributed by atoms with van der Waals surface area (Å²) in [5, 5.41) is 13.1. The molecule has 0 spiro atoms. The molecule has 1 aliphatic heterocycles. The molecule has 5 rings (SSSR count). The van der Waals surface area contributed by atoms with Crippen molar-refractivity contribution < 1.29 is 13.2 Å². The zero-order valence-corrected chi connectivity index (χ0v) is 26.6. The van der Waals surface area contributed by atoms with Gasteiger partial charge in [0.05, 0.1) is 25.9 Å². The van der Waals surface area contributed by atoms with Crippen LogP contribution in [0.25, 0.3) is 11.4 Å². The average molecular weight is 657 g/mol. The Bertz CT molecular complexity index is 1520. The third-order valence-corrected chi connectivity index (χ3v) is 11.4. The molecule has 2 heterocycles. The van der Waals surface area contributed by atoms with Gasteiger partial charge in [0.1, 0.15) is 0 Å². The fourth-order valence-electron chi connectivity index (χ4n) is 5.34. The molecule has 13 heteroatoms. The number of hydrogen-bond acceptors (Lipinski definition) is 6. The Morgan fingerprint density at radius 1 is 0.951 bits per heavy atom. The predicted octanol–water partition coefficient (Wildman–Crippen LogP) is 7.70. The Morgan fingerprint density at radius 3 is 2.37 bits per heavy atom. The van der Waals surface area contributed by atoms with E-state index in [1.165, 1.54) is 40.7 Å². The molecule has 3 aromatic rings. The number of hydrogen-bond donors (Lipinski definition) is 1. The SMILES string of the molecule is C[C@@H](Sc1nnc(-c2ccc(Cl)cc2Cl)n1C1CCCCC1)C(=O)Nc1cc(S(=O)(=O)N2CCCCC2)ccc1Cl. The number of piperidine rings is 1. The molecule has 0 bridgehead atoms. The lowest BCUT2D eigenvalue weighted by Crippen LogP contribution is -2.35. The number of amides is 1. The molecule has 2 fully saturated rings. The number of nitrogens with one attached hydrogen (secondary N) is 1. The largest absolute Gasteiger partial charge is 0.324 e. The summed E-state index contributed by atoms with van der Waals surface area (Å²) >= 11 is 20.4. The quantitative estimate of drug-likeness (QED) is 0.250. The van der Waals surface area contributed by atoms with Crippen molar-refractivity contribution in [2.75, 3.05) is 18.4 Å². The van der Waals surface area contributed by atoms with E-state index >= 15 is 0 Å². The van der Waals surface area contributed by atoms with E-state index in [0.717, 1.165) is 50.5 Å². The number of halogens is 3. The van der Waals surface area contributed by atoms with Crippen LogP contribution in [-0.2, 0) is 14.8 Å². The topological polar surface area (TPSA) is 97.2 Å². The van der Waals surface area contributed by atoms with Crippen LogP contribution in [0.3, 0.4) is 0 Å². The number of aromatic nitrogens is 3. The molecule has 1 N–H and O–H groups in total. The monoisotopic (exact) mass is 655 g/mol. The Kier molecular flexibility index (Phi) is 9.88. The summed E-state index contributed by atoms with van der Waals surface area (Å²) in [5.74, 6) is 0.320. The predicted molar refractivity (Wildman–Crippen MR) is 166 cm³/mol. The molecule has 41 heavy (non-hydrogen) atoms. The van der Waals surface area contributed by atoms with Gasteiger partial charge in [-0.25, -0.2) is 8.42 Å². The lowest BCUT2D eigenvalue weighted by molar-refractivity contribution is -0.115. The summed E-state index contributed by atoms with van der Waals surface area (Å²) in [4.78, 5) is 13.5. The lowest BCUT2D eigenvalue weighted by Gasteiger charge is -2.26. The molecule has 0 unspecified atom stereocenters. The van der Waals surface area contributed by atoms with Crippen molar-refractivity contribution in [1.29, 1.82) is 0 Å². The third-order valence-electron chi connectivity index (χ3n) is 7.58. The van der Waals surface area contributed by atoms with E-state index in [1.54, 1.807) is 19.1 Å². The van der Waals surface area contributed by atoms with Crippen molar-refractivity contribution in [2.24, 2.45) is 0 Å². The van der Waals surface area contributed by atoms with E-state index in [9.17, 15) is 13.2 Å². The van der Waals surface area contributed by atoms with Crippen LogP contribution >= 0.6 is 46.6 Å². The molecule has 8 nitrogen and oxygen atoms in total. The highest BCUT2D eigenvalue weighted by Crippen LogP contribution is 2.39. The number of rotatable bonds is 8. The van der Waals surface area contributed by atoms with Crippen LogP contribution in [0.1, 0.15) is 64.3 Å². The molecule has 2 aliphatic rings. The van der Waals surface area contributed by atoms with Gasteiger partial charge < -0.3 is 5.32 Å². The summed E-state index contributed by atoms with van der Waals surface area (Å²) in [5.41, 5.74) is 0.987. The molecule has 1 aromatic heterocycles. The summed E-state index contributed by atoms with van der Waals surface area (Å²) in [6, 6.07) is 9.91. The van der Waals surface area contributed by atoms with Crippen molar-refractivity contribution in [2.45, 2.75) is 79.6 Å². The molecule has 1 atom stereocenters. The normalized spacial score (nSPS) is 17.9. The zero-order chi connectivity index (χ0) is 29.1. The second-order valence-corrected chi connectivity index (χ2v) is 14.9. The standard InChI is InChI=1S/C28H32Cl3N5O3S2/c1-18(27(37)32-25-17-21(11-13-23(25)30)41(38,39)35-14-6-3-7-15-35)40-28-34-33-26(22-12-10-19(29)16-24(22)31)36(28)20-8-4-2-5-9-20/h10-13,16-18,20H,2-9,14-15H2,1H3,(H,32,37)/t18-/m1/s1. The fraction of sp³-hybridized carbons (Fsp3) is 0.464. The van der Waals surface area contributed by atoms with Gasteiger partial charge in [-0.15, -0.1) is 10.2 Å². The highest BCUT2D eigenvalue weighted by molar-refractivity contribution is 8.00. The molecule has 2 aromatic carbocycles. The van der Waals surface area contributed by atoms with Crippen LogP contribution in [0.15, 0.2) is 46.5 Å². The number of carbonyl (C=O) groups excluding carboxylic acids is 1. The molecule has 1 amide bonds. The van der Waals surface area contributed by atoms with E-state index < -0.39 is 15.3 Å². The van der Waals surface area contributed by atoms with Gasteiger partial charge in [0.2, 0.25) is 15.9 Å². The number of benzene rings is 2. The molecular weight excluding hydrogens is 625 g/mol. The molecule has 220 valence electrons. The average Bonchev–Trinajstić information content (AvgIpc) is 3.38. The van der Waals surface area contributed by atoms with Gasteiger partial charge in [0, 0.05) is 29.7 Å². The first-order chi connectivity index (χ1) is 19.6. The van der Waals surface area contributed by atoms with Crippen LogP contribution in [0.5, 0.6) is 0 Å². The maximum Gasteiger partial charge on any atom is 0.243 e. The molecular formula is C28H32Cl3N5O3S2. The van der Waals surface area contributed by atoms with Crippen molar-refractivity contribution in [3.05, 3.63) is 51.5 Å². The molecule has 1 saturated carbocycles. The Hall–Kier alpha value is -1.82. The van der Waals surface area contributed by atoms with Crippen LogP contribution in [0.4, 0.5) is 5.69 Å². The lowest BCUT2D eigenvalue weighted by atomic mass is 9.95. The maximum absolute atomic E-state index is 13.3. The minimum Gasteiger partial charge on any atom is -0.324 e. The summed E-state index contributed by atoms with van der Waals surface area (Å²) < 4.78 is 30.0. The first-order valence-corrected chi connectivity index (χ1v) is 17.3. The van der Waals surface area contributed by atoms with Gasteiger partial charge in [-0.05, 0) is 69.0 Å². The van der Waals surface area contributed by atoms with Crippen LogP contribution < -0.4 is 5.32 Å². The number of thioether (sulfide) groups is 1. The zero-order valence-electron chi connectivity index (χ0n) is 22.7. The van der Waals surface area contributed by atoms with Gasteiger partial charge in [-0.2, -0.15) is 4.31 Å². The smallest absolute Gasteiger partial charge is 0.243 e. The third kappa shape index (κ3) is 6.89. The van der Waals surface area contributed by atoms with Crippen LogP contribution in [0.2, 0.25) is 15.1 Å². The minimum absolute atomic E-state index is 0.112. The van der Waals surface area contributed by atoms with Gasteiger partial charge in [-0.1, -0.05) is 72.2 Å². The van der Waals surface area contributed by atoms with Crippen LogP contribution in [0, 0.1) is 0 Å².